The molecule has 8 heteroatoms. The predicted octanol–water partition coefficient (Wildman–Crippen LogP) is 2.08. The number of non-ortho nitro benzene ring substituents is 1. The number of esters is 2. The van der Waals surface area contributed by atoms with E-state index in [0.29, 0.717) is 11.1 Å². The Morgan fingerprint density at radius 1 is 0.929 bits per heavy atom. The molecule has 1 aliphatic heterocycles. The van der Waals surface area contributed by atoms with Crippen molar-refractivity contribution in [3.8, 4) is 0 Å². The number of carbonyl (C=O) groups excluding carboxylic acids is 2. The summed E-state index contributed by atoms with van der Waals surface area (Å²) in [5, 5.41) is 14.3. The summed E-state index contributed by atoms with van der Waals surface area (Å²) in [6, 6.07) is 15.0. The number of hydrogen-bond donors (Lipinski definition) is 1. The fourth-order valence-electron chi connectivity index (χ4n) is 3.36. The van der Waals surface area contributed by atoms with E-state index in [0.717, 1.165) is 0 Å². The number of nitro groups is 1. The third-order valence-corrected chi connectivity index (χ3v) is 4.73. The lowest BCUT2D eigenvalue weighted by Crippen LogP contribution is -2.60. The van der Waals surface area contributed by atoms with Crippen molar-refractivity contribution in [2.24, 2.45) is 0 Å². The molecular weight excluding hydrogens is 364 g/mol. The third-order valence-electron chi connectivity index (χ3n) is 4.73. The van der Waals surface area contributed by atoms with Crippen LogP contribution in [0.15, 0.2) is 66.7 Å². The van der Waals surface area contributed by atoms with E-state index < -0.39 is 27.9 Å². The van der Waals surface area contributed by atoms with Gasteiger partial charge in [-0.05, 0) is 17.2 Å². The minimum Gasteiger partial charge on any atom is -0.467 e. The summed E-state index contributed by atoms with van der Waals surface area (Å²) >= 11 is 0. The molecule has 0 saturated carbocycles. The maximum absolute atomic E-state index is 12.5. The van der Waals surface area contributed by atoms with E-state index in [1.165, 1.54) is 32.4 Å². The van der Waals surface area contributed by atoms with Crippen LogP contribution in [0.2, 0.25) is 0 Å². The van der Waals surface area contributed by atoms with Crippen molar-refractivity contribution in [2.75, 3.05) is 14.2 Å². The number of ether oxygens (including phenoxy) is 2. The number of rotatable bonds is 5. The highest BCUT2D eigenvalue weighted by Gasteiger charge is 2.56. The molecule has 1 atom stereocenters. The van der Waals surface area contributed by atoms with Crippen LogP contribution in [0.1, 0.15) is 11.1 Å². The molecule has 0 aliphatic carbocycles. The van der Waals surface area contributed by atoms with Gasteiger partial charge in [-0.2, -0.15) is 0 Å². The molecule has 1 aliphatic rings. The molecule has 2 aromatic rings. The average molecular weight is 382 g/mol. The van der Waals surface area contributed by atoms with Gasteiger partial charge >= 0.3 is 11.9 Å². The molecule has 3 rings (SSSR count). The van der Waals surface area contributed by atoms with Crippen LogP contribution in [0.5, 0.6) is 0 Å². The van der Waals surface area contributed by atoms with Crippen LogP contribution in [0.3, 0.4) is 0 Å². The largest absolute Gasteiger partial charge is 0.467 e. The van der Waals surface area contributed by atoms with Gasteiger partial charge in [-0.1, -0.05) is 48.5 Å². The van der Waals surface area contributed by atoms with Gasteiger partial charge in [-0.25, -0.2) is 9.59 Å². The molecule has 0 radical (unpaired) electrons. The minimum absolute atomic E-state index is 0.114. The summed E-state index contributed by atoms with van der Waals surface area (Å²) in [6.07, 6.45) is 2.99. The highest BCUT2D eigenvalue weighted by atomic mass is 16.6. The Morgan fingerprint density at radius 3 is 2.11 bits per heavy atom. The smallest absolute Gasteiger partial charge is 0.341 e. The maximum atomic E-state index is 12.5. The lowest BCUT2D eigenvalue weighted by Gasteiger charge is -2.34. The highest BCUT2D eigenvalue weighted by Crippen LogP contribution is 2.40. The molecule has 1 heterocycles. The molecule has 0 fully saturated rings. The van der Waals surface area contributed by atoms with E-state index in [2.05, 4.69) is 5.32 Å². The predicted molar refractivity (Wildman–Crippen MR) is 99.4 cm³/mol. The lowest BCUT2D eigenvalue weighted by molar-refractivity contribution is -0.384. The molecule has 8 nitrogen and oxygen atoms in total. The molecule has 0 spiro atoms. The van der Waals surface area contributed by atoms with Gasteiger partial charge in [-0.15, -0.1) is 0 Å². The number of nitro benzene ring substituents is 1. The molecule has 0 bridgehead atoms. The monoisotopic (exact) mass is 382 g/mol. The van der Waals surface area contributed by atoms with E-state index in [1.54, 1.807) is 42.5 Å². The van der Waals surface area contributed by atoms with Crippen LogP contribution in [0.25, 0.3) is 0 Å². The molecule has 144 valence electrons. The first-order chi connectivity index (χ1) is 13.4. The van der Waals surface area contributed by atoms with Crippen molar-refractivity contribution < 1.29 is 24.0 Å². The van der Waals surface area contributed by atoms with Gasteiger partial charge in [0.25, 0.3) is 5.69 Å². The summed E-state index contributed by atoms with van der Waals surface area (Å²) in [6.45, 7) is 0. The summed E-state index contributed by atoms with van der Waals surface area (Å²) in [7, 11) is 2.33. The van der Waals surface area contributed by atoms with E-state index in [9.17, 15) is 19.7 Å². The normalized spacial score (nSPS) is 19.8. The Kier molecular flexibility index (Phi) is 4.98. The SMILES string of the molecule is COC(=O)C1(C(=O)OC)C=CC(c2ccccc2)(c2cccc([N+](=O)[O-])c2)N1. The number of methoxy groups -OCH3 is 2. The Bertz CT molecular complexity index is 940. The summed E-state index contributed by atoms with van der Waals surface area (Å²) < 4.78 is 9.65. The van der Waals surface area contributed by atoms with Crippen molar-refractivity contribution >= 4 is 17.6 Å². The molecule has 1 N–H and O–H groups in total. The molecule has 28 heavy (non-hydrogen) atoms. The topological polar surface area (TPSA) is 108 Å². The second kappa shape index (κ2) is 7.24. The van der Waals surface area contributed by atoms with Crippen molar-refractivity contribution in [3.05, 3.63) is 88.0 Å². The second-order valence-corrected chi connectivity index (χ2v) is 6.23. The van der Waals surface area contributed by atoms with Gasteiger partial charge in [0.15, 0.2) is 0 Å². The number of nitrogens with one attached hydrogen (secondary N) is 1. The average Bonchev–Trinajstić information content (AvgIpc) is 3.16. The number of benzene rings is 2. The Labute approximate surface area is 160 Å². The summed E-state index contributed by atoms with van der Waals surface area (Å²) in [5.41, 5.74) is -2.02. The van der Waals surface area contributed by atoms with Crippen molar-refractivity contribution in [1.82, 2.24) is 5.32 Å². The lowest BCUT2D eigenvalue weighted by atomic mass is 9.83. The van der Waals surface area contributed by atoms with Crippen LogP contribution in [-0.2, 0) is 24.6 Å². The van der Waals surface area contributed by atoms with Gasteiger partial charge in [0.1, 0.15) is 0 Å². The van der Waals surface area contributed by atoms with Crippen molar-refractivity contribution in [1.29, 1.82) is 0 Å². The van der Waals surface area contributed by atoms with Crippen molar-refractivity contribution in [3.63, 3.8) is 0 Å². The number of nitrogens with zero attached hydrogens (tertiary/aromatic N) is 1. The Morgan fingerprint density at radius 2 is 1.54 bits per heavy atom. The zero-order valence-electron chi connectivity index (χ0n) is 15.2. The molecular formula is C20H18N2O6. The molecule has 0 aromatic heterocycles. The van der Waals surface area contributed by atoms with Gasteiger partial charge in [-0.3, -0.25) is 15.4 Å². The van der Waals surface area contributed by atoms with Crippen LogP contribution >= 0.6 is 0 Å². The zero-order valence-corrected chi connectivity index (χ0v) is 15.2. The fraction of sp³-hybridized carbons (Fsp3) is 0.200. The van der Waals surface area contributed by atoms with E-state index in [-0.39, 0.29) is 5.69 Å². The van der Waals surface area contributed by atoms with Crippen LogP contribution in [-0.4, -0.2) is 36.6 Å². The van der Waals surface area contributed by atoms with E-state index in [1.807, 2.05) is 6.07 Å². The molecule has 0 saturated heterocycles. The molecule has 1 unspecified atom stereocenters. The Balaban J connectivity index is 2.23. The minimum atomic E-state index is -1.88. The van der Waals surface area contributed by atoms with Gasteiger partial charge in [0.05, 0.1) is 24.7 Å². The van der Waals surface area contributed by atoms with Crippen LogP contribution < -0.4 is 5.32 Å². The first kappa shape index (κ1) is 19.2. The number of hydrogen-bond acceptors (Lipinski definition) is 7. The zero-order chi connectivity index (χ0) is 20.4. The highest BCUT2D eigenvalue weighted by molar-refractivity contribution is 6.08. The Hall–Kier alpha value is -3.52. The van der Waals surface area contributed by atoms with Gasteiger partial charge in [0.2, 0.25) is 5.54 Å². The van der Waals surface area contributed by atoms with Gasteiger partial charge < -0.3 is 9.47 Å². The van der Waals surface area contributed by atoms with E-state index >= 15 is 0 Å². The first-order valence-electron chi connectivity index (χ1n) is 8.36. The second-order valence-electron chi connectivity index (χ2n) is 6.23. The van der Waals surface area contributed by atoms with Crippen LogP contribution in [0.4, 0.5) is 5.69 Å². The fourth-order valence-corrected chi connectivity index (χ4v) is 3.36. The molecule has 2 aromatic carbocycles. The first-order valence-corrected chi connectivity index (χ1v) is 8.36. The van der Waals surface area contributed by atoms with E-state index in [4.69, 9.17) is 9.47 Å². The third kappa shape index (κ3) is 2.93. The van der Waals surface area contributed by atoms with Gasteiger partial charge in [0, 0.05) is 12.1 Å². The summed E-state index contributed by atoms with van der Waals surface area (Å²) in [4.78, 5) is 35.8. The quantitative estimate of drug-likeness (QED) is 0.277. The number of carbonyl (C=O) groups is 2. The summed E-state index contributed by atoms with van der Waals surface area (Å²) in [5.74, 6) is -1.70. The van der Waals surface area contributed by atoms with Crippen molar-refractivity contribution in [2.45, 2.75) is 11.1 Å². The maximum Gasteiger partial charge on any atom is 0.341 e. The molecule has 0 amide bonds. The standard InChI is InChI=1S/C20H18N2O6/c1-27-17(23)20(18(24)28-2)12-11-19(21-20,14-7-4-3-5-8-14)15-9-6-10-16(13-15)22(25)26/h3-13,21H,1-2H3. The van der Waals surface area contributed by atoms with Crippen LogP contribution in [0, 0.1) is 10.1 Å².